The monoisotopic (exact) mass is 330 g/mol. The highest BCUT2D eigenvalue weighted by Crippen LogP contribution is 2.33. The molecule has 0 spiro atoms. The van der Waals surface area contributed by atoms with Crippen LogP contribution < -0.4 is 10.6 Å². The summed E-state index contributed by atoms with van der Waals surface area (Å²) in [7, 11) is 0. The van der Waals surface area contributed by atoms with E-state index in [0.29, 0.717) is 23.8 Å². The van der Waals surface area contributed by atoms with Crippen molar-refractivity contribution in [1.29, 1.82) is 0 Å². The highest BCUT2D eigenvalue weighted by Gasteiger charge is 2.33. The van der Waals surface area contributed by atoms with E-state index in [1.165, 1.54) is 12.8 Å². The first-order valence-corrected chi connectivity index (χ1v) is 9.09. The highest BCUT2D eigenvalue weighted by atomic mass is 16.2. The van der Waals surface area contributed by atoms with E-state index in [9.17, 15) is 9.59 Å². The van der Waals surface area contributed by atoms with Gasteiger partial charge in [-0.1, -0.05) is 39.0 Å². The van der Waals surface area contributed by atoms with Crippen LogP contribution in [0.1, 0.15) is 62.4 Å². The smallest absolute Gasteiger partial charge is 0.252 e. The molecule has 0 aromatic heterocycles. The number of benzene rings is 1. The van der Waals surface area contributed by atoms with Crippen LogP contribution in [0.5, 0.6) is 0 Å². The van der Waals surface area contributed by atoms with Gasteiger partial charge >= 0.3 is 0 Å². The molecule has 1 aromatic rings. The molecule has 2 amide bonds. The molecule has 0 heterocycles. The van der Waals surface area contributed by atoms with E-state index >= 15 is 0 Å². The minimum Gasteiger partial charge on any atom is -0.351 e. The van der Waals surface area contributed by atoms with Gasteiger partial charge in [-0.2, -0.15) is 0 Å². The molecule has 0 radical (unpaired) electrons. The van der Waals surface area contributed by atoms with E-state index in [4.69, 9.17) is 0 Å². The van der Waals surface area contributed by atoms with Gasteiger partial charge < -0.3 is 10.6 Å². The maximum atomic E-state index is 12.7. The molecule has 4 heteroatoms. The Bertz CT molecular complexity index is 579. The van der Waals surface area contributed by atoms with Gasteiger partial charge in [0.2, 0.25) is 5.91 Å². The second-order valence-electron chi connectivity index (χ2n) is 7.33. The number of hydrogen-bond donors (Lipinski definition) is 2. The average molecular weight is 330 g/mol. The van der Waals surface area contributed by atoms with Crippen LogP contribution in [0, 0.1) is 18.8 Å². The zero-order valence-electron chi connectivity index (χ0n) is 15.3. The molecule has 2 unspecified atom stereocenters. The first kappa shape index (κ1) is 18.5. The van der Waals surface area contributed by atoms with Crippen LogP contribution in [-0.4, -0.2) is 23.9 Å². The van der Waals surface area contributed by atoms with Crippen molar-refractivity contribution in [3.8, 4) is 0 Å². The third-order valence-corrected chi connectivity index (χ3v) is 4.68. The van der Waals surface area contributed by atoms with Gasteiger partial charge in [0.25, 0.3) is 5.91 Å². The largest absolute Gasteiger partial charge is 0.351 e. The van der Waals surface area contributed by atoms with E-state index in [1.54, 1.807) is 6.07 Å². The maximum Gasteiger partial charge on any atom is 0.252 e. The highest BCUT2D eigenvalue weighted by molar-refractivity contribution is 5.98. The lowest BCUT2D eigenvalue weighted by Crippen LogP contribution is -2.50. The third-order valence-electron chi connectivity index (χ3n) is 4.68. The summed E-state index contributed by atoms with van der Waals surface area (Å²) in [5, 5.41) is 6.09. The number of carbonyl (C=O) groups is 2. The van der Waals surface area contributed by atoms with Crippen molar-refractivity contribution in [2.45, 2.75) is 65.5 Å². The van der Waals surface area contributed by atoms with Crippen molar-refractivity contribution >= 4 is 11.8 Å². The SMILES string of the molecule is CCC(NC(=O)C(CC(C)C)NC(=O)c1ccccc1C)C1CC1. The summed E-state index contributed by atoms with van der Waals surface area (Å²) in [6.07, 6.45) is 3.98. The standard InChI is InChI=1S/C20H30N2O2/c1-5-17(15-10-11-15)21-20(24)18(12-13(2)3)22-19(23)16-9-7-6-8-14(16)4/h6-9,13,15,17-18H,5,10-12H2,1-4H3,(H,21,24)(H,22,23). The molecular formula is C20H30N2O2. The lowest BCUT2D eigenvalue weighted by molar-refractivity contribution is -0.124. The van der Waals surface area contributed by atoms with Gasteiger partial charge in [0.05, 0.1) is 0 Å². The Morgan fingerprint density at radius 1 is 1.17 bits per heavy atom. The summed E-state index contributed by atoms with van der Waals surface area (Å²) in [5.74, 6) is 0.724. The first-order valence-electron chi connectivity index (χ1n) is 9.09. The fourth-order valence-corrected chi connectivity index (χ4v) is 3.10. The van der Waals surface area contributed by atoms with E-state index in [-0.39, 0.29) is 17.9 Å². The fourth-order valence-electron chi connectivity index (χ4n) is 3.10. The zero-order chi connectivity index (χ0) is 17.7. The molecular weight excluding hydrogens is 300 g/mol. The Kier molecular flexibility index (Phi) is 6.41. The number of nitrogens with one attached hydrogen (secondary N) is 2. The lowest BCUT2D eigenvalue weighted by atomic mass is 10.0. The van der Waals surface area contributed by atoms with Gasteiger partial charge in [-0.3, -0.25) is 9.59 Å². The van der Waals surface area contributed by atoms with Crippen molar-refractivity contribution in [1.82, 2.24) is 10.6 Å². The summed E-state index contributed by atoms with van der Waals surface area (Å²) in [5.41, 5.74) is 1.55. The molecule has 1 aliphatic rings. The van der Waals surface area contributed by atoms with Crippen LogP contribution in [0.15, 0.2) is 24.3 Å². The Labute approximate surface area is 145 Å². The summed E-state index contributed by atoms with van der Waals surface area (Å²) in [6, 6.07) is 7.22. The quantitative estimate of drug-likeness (QED) is 0.767. The molecule has 2 N–H and O–H groups in total. The normalized spacial score (nSPS) is 16.5. The summed E-state index contributed by atoms with van der Waals surface area (Å²) in [4.78, 5) is 25.3. The van der Waals surface area contributed by atoms with Crippen molar-refractivity contribution in [2.75, 3.05) is 0 Å². The summed E-state index contributed by atoms with van der Waals surface area (Å²) in [6.45, 7) is 8.15. The molecule has 1 saturated carbocycles. The molecule has 1 fully saturated rings. The third kappa shape index (κ3) is 5.08. The molecule has 0 saturated heterocycles. The second-order valence-corrected chi connectivity index (χ2v) is 7.33. The van der Waals surface area contributed by atoms with Crippen LogP contribution >= 0.6 is 0 Å². The van der Waals surface area contributed by atoms with E-state index in [2.05, 4.69) is 31.4 Å². The number of carbonyl (C=O) groups excluding carboxylic acids is 2. The zero-order valence-corrected chi connectivity index (χ0v) is 15.3. The predicted octanol–water partition coefficient (Wildman–Crippen LogP) is 3.44. The van der Waals surface area contributed by atoms with Crippen molar-refractivity contribution < 1.29 is 9.59 Å². The van der Waals surface area contributed by atoms with Crippen molar-refractivity contribution in [3.63, 3.8) is 0 Å². The number of amides is 2. The van der Waals surface area contributed by atoms with E-state index < -0.39 is 6.04 Å². The Balaban J connectivity index is 2.05. The van der Waals surface area contributed by atoms with Gasteiger partial charge in [0.15, 0.2) is 0 Å². The van der Waals surface area contributed by atoms with Crippen LogP contribution in [0.2, 0.25) is 0 Å². The molecule has 2 rings (SSSR count). The van der Waals surface area contributed by atoms with Crippen LogP contribution in [0.25, 0.3) is 0 Å². The van der Waals surface area contributed by atoms with Crippen molar-refractivity contribution in [3.05, 3.63) is 35.4 Å². The fraction of sp³-hybridized carbons (Fsp3) is 0.600. The molecule has 24 heavy (non-hydrogen) atoms. The minimum atomic E-state index is -0.482. The average Bonchev–Trinajstić information content (AvgIpc) is 3.36. The van der Waals surface area contributed by atoms with E-state index in [1.807, 2.05) is 25.1 Å². The van der Waals surface area contributed by atoms with Crippen LogP contribution in [0.3, 0.4) is 0 Å². The van der Waals surface area contributed by atoms with Gasteiger partial charge in [0, 0.05) is 11.6 Å². The Morgan fingerprint density at radius 3 is 2.38 bits per heavy atom. The number of hydrogen-bond acceptors (Lipinski definition) is 2. The molecule has 0 bridgehead atoms. The predicted molar refractivity (Wildman–Crippen MR) is 96.8 cm³/mol. The first-order chi connectivity index (χ1) is 11.4. The number of rotatable bonds is 8. The minimum absolute atomic E-state index is 0.0515. The molecule has 4 nitrogen and oxygen atoms in total. The lowest BCUT2D eigenvalue weighted by Gasteiger charge is -2.24. The van der Waals surface area contributed by atoms with Gasteiger partial charge in [0.1, 0.15) is 6.04 Å². The molecule has 1 aliphatic carbocycles. The van der Waals surface area contributed by atoms with Gasteiger partial charge in [-0.25, -0.2) is 0 Å². The van der Waals surface area contributed by atoms with Gasteiger partial charge in [-0.15, -0.1) is 0 Å². The number of aryl methyl sites for hydroxylation is 1. The van der Waals surface area contributed by atoms with Crippen LogP contribution in [-0.2, 0) is 4.79 Å². The van der Waals surface area contributed by atoms with Gasteiger partial charge in [-0.05, 0) is 56.1 Å². The summed E-state index contributed by atoms with van der Waals surface area (Å²) < 4.78 is 0. The Morgan fingerprint density at radius 2 is 1.83 bits per heavy atom. The molecule has 1 aromatic carbocycles. The summed E-state index contributed by atoms with van der Waals surface area (Å²) >= 11 is 0. The van der Waals surface area contributed by atoms with Crippen molar-refractivity contribution in [2.24, 2.45) is 11.8 Å². The Hall–Kier alpha value is -1.84. The topological polar surface area (TPSA) is 58.2 Å². The molecule has 0 aliphatic heterocycles. The maximum absolute atomic E-state index is 12.7. The molecule has 2 atom stereocenters. The van der Waals surface area contributed by atoms with E-state index in [0.717, 1.165) is 12.0 Å². The molecule has 132 valence electrons. The van der Waals surface area contributed by atoms with Crippen LogP contribution in [0.4, 0.5) is 0 Å². The second kappa shape index (κ2) is 8.32.